The van der Waals surface area contributed by atoms with Crippen LogP contribution in [0.1, 0.15) is 5.82 Å². The van der Waals surface area contributed by atoms with Gasteiger partial charge in [0.2, 0.25) is 0 Å². The van der Waals surface area contributed by atoms with Gasteiger partial charge in [0.25, 0.3) is 5.22 Å². The van der Waals surface area contributed by atoms with Crippen molar-refractivity contribution >= 4 is 41.1 Å². The molecular weight excluding hydrogens is 308 g/mol. The number of aromatic nitrogens is 2. The molecule has 5 nitrogen and oxygen atoms in total. The van der Waals surface area contributed by atoms with Gasteiger partial charge in [-0.15, -0.1) is 11.8 Å². The van der Waals surface area contributed by atoms with Gasteiger partial charge in [0, 0.05) is 9.92 Å². The summed E-state index contributed by atoms with van der Waals surface area (Å²) < 4.78 is 4.93. The molecule has 2 aromatic rings. The highest BCUT2D eigenvalue weighted by molar-refractivity contribution is 7.99. The van der Waals surface area contributed by atoms with Crippen LogP contribution in [-0.4, -0.2) is 27.0 Å². The van der Waals surface area contributed by atoms with Gasteiger partial charge in [0.05, 0.1) is 5.75 Å². The highest BCUT2D eigenvalue weighted by atomic mass is 35.5. The van der Waals surface area contributed by atoms with E-state index in [1.165, 1.54) is 11.8 Å². The first kappa shape index (κ1) is 14.2. The van der Waals surface area contributed by atoms with Crippen molar-refractivity contribution in [3.05, 3.63) is 35.1 Å². The molecule has 0 spiro atoms. The minimum absolute atomic E-state index is 0.0942. The van der Waals surface area contributed by atoms with Crippen molar-refractivity contribution in [1.82, 2.24) is 10.1 Å². The molecule has 1 heterocycles. The number of benzene rings is 1. The molecule has 0 aliphatic heterocycles. The van der Waals surface area contributed by atoms with Gasteiger partial charge in [-0.3, -0.25) is 4.79 Å². The van der Waals surface area contributed by atoms with Gasteiger partial charge in [0.15, 0.2) is 5.82 Å². The zero-order valence-corrected chi connectivity index (χ0v) is 12.0. The highest BCUT2D eigenvalue weighted by Gasteiger charge is 2.09. The normalized spacial score (nSPS) is 10.6. The van der Waals surface area contributed by atoms with Gasteiger partial charge in [-0.2, -0.15) is 4.98 Å². The van der Waals surface area contributed by atoms with Crippen molar-refractivity contribution in [3.63, 3.8) is 0 Å². The van der Waals surface area contributed by atoms with Crippen LogP contribution in [0.4, 0.5) is 0 Å². The van der Waals surface area contributed by atoms with Crippen LogP contribution in [0.15, 0.2) is 38.9 Å². The third-order valence-electron chi connectivity index (χ3n) is 1.93. The molecule has 2 rings (SSSR count). The summed E-state index contributed by atoms with van der Waals surface area (Å²) in [4.78, 5) is 15.5. The van der Waals surface area contributed by atoms with Crippen LogP contribution < -0.4 is 0 Å². The Morgan fingerprint density at radius 1 is 1.42 bits per heavy atom. The van der Waals surface area contributed by atoms with Crippen LogP contribution in [0.5, 0.6) is 0 Å². The van der Waals surface area contributed by atoms with Crippen LogP contribution in [0.2, 0.25) is 5.02 Å². The van der Waals surface area contributed by atoms with Gasteiger partial charge < -0.3 is 9.63 Å². The number of hydrogen-bond donors (Lipinski definition) is 1. The largest absolute Gasteiger partial charge is 0.481 e. The molecule has 1 N–H and O–H groups in total. The summed E-state index contributed by atoms with van der Waals surface area (Å²) in [6.07, 6.45) is 0. The average Bonchev–Trinajstić information content (AvgIpc) is 2.82. The molecule has 8 heteroatoms. The van der Waals surface area contributed by atoms with E-state index in [4.69, 9.17) is 21.2 Å². The maximum absolute atomic E-state index is 10.4. The van der Waals surface area contributed by atoms with E-state index in [0.29, 0.717) is 16.6 Å². The smallest absolute Gasteiger partial charge is 0.314 e. The molecule has 0 aliphatic rings. The minimum atomic E-state index is -0.918. The molecule has 0 fully saturated rings. The van der Waals surface area contributed by atoms with Gasteiger partial charge >= 0.3 is 5.97 Å². The molecule has 0 saturated carbocycles. The van der Waals surface area contributed by atoms with Gasteiger partial charge in [-0.05, 0) is 18.2 Å². The Balaban J connectivity index is 1.88. The molecule has 0 atom stereocenters. The van der Waals surface area contributed by atoms with Crippen LogP contribution in [0.3, 0.4) is 0 Å². The number of hydrogen-bond acceptors (Lipinski definition) is 6. The van der Waals surface area contributed by atoms with Crippen molar-refractivity contribution < 1.29 is 14.4 Å². The summed E-state index contributed by atoms with van der Waals surface area (Å²) in [7, 11) is 0. The molecule has 0 saturated heterocycles. The zero-order valence-electron chi connectivity index (χ0n) is 9.58. The van der Waals surface area contributed by atoms with E-state index in [9.17, 15) is 4.79 Å². The van der Waals surface area contributed by atoms with Crippen molar-refractivity contribution in [3.8, 4) is 0 Å². The van der Waals surface area contributed by atoms with Crippen molar-refractivity contribution in [2.75, 3.05) is 5.75 Å². The predicted molar refractivity (Wildman–Crippen MR) is 73.7 cm³/mol. The number of thioether (sulfide) groups is 2. The Labute approximate surface area is 122 Å². The molecule has 0 aliphatic carbocycles. The monoisotopic (exact) mass is 316 g/mol. The van der Waals surface area contributed by atoms with Gasteiger partial charge in [-0.1, -0.05) is 34.6 Å². The van der Waals surface area contributed by atoms with E-state index in [-0.39, 0.29) is 11.0 Å². The Morgan fingerprint density at radius 3 is 3.00 bits per heavy atom. The maximum atomic E-state index is 10.4. The molecular formula is C11H9ClN2O3S2. The quantitative estimate of drug-likeness (QED) is 0.820. The molecule has 0 amide bonds. The number of carboxylic acid groups (broad SMARTS) is 1. The zero-order chi connectivity index (χ0) is 13.7. The standard InChI is InChI=1S/C11H9ClN2O3S2/c12-7-2-1-3-8(4-7)18-5-9-13-11(17-14-9)19-6-10(15)16/h1-4H,5-6H2,(H,15,16). The van der Waals surface area contributed by atoms with Crippen LogP contribution >= 0.6 is 35.1 Å². The molecule has 0 unspecified atom stereocenters. The van der Waals surface area contributed by atoms with E-state index in [1.807, 2.05) is 18.2 Å². The Kier molecular flexibility index (Phi) is 5.12. The van der Waals surface area contributed by atoms with E-state index in [2.05, 4.69) is 10.1 Å². The molecule has 1 aromatic carbocycles. The average molecular weight is 317 g/mol. The molecule has 0 radical (unpaired) electrons. The predicted octanol–water partition coefficient (Wildman–Crippen LogP) is 3.19. The first-order chi connectivity index (χ1) is 9.13. The van der Waals surface area contributed by atoms with E-state index >= 15 is 0 Å². The summed E-state index contributed by atoms with van der Waals surface area (Å²) in [5.41, 5.74) is 0. The third kappa shape index (κ3) is 4.77. The molecule has 19 heavy (non-hydrogen) atoms. The molecule has 0 bridgehead atoms. The maximum Gasteiger partial charge on any atom is 0.314 e. The Morgan fingerprint density at radius 2 is 2.26 bits per heavy atom. The van der Waals surface area contributed by atoms with E-state index in [1.54, 1.807) is 6.07 Å². The van der Waals surface area contributed by atoms with Crippen molar-refractivity contribution in [1.29, 1.82) is 0 Å². The fourth-order valence-electron chi connectivity index (χ4n) is 1.18. The van der Waals surface area contributed by atoms with E-state index < -0.39 is 5.97 Å². The summed E-state index contributed by atoms with van der Waals surface area (Å²) in [6, 6.07) is 7.47. The molecule has 1 aromatic heterocycles. The summed E-state index contributed by atoms with van der Waals surface area (Å²) in [6.45, 7) is 0. The number of carboxylic acids is 1. The Bertz CT molecular complexity index is 577. The highest BCUT2D eigenvalue weighted by Crippen LogP contribution is 2.25. The van der Waals surface area contributed by atoms with E-state index in [0.717, 1.165) is 16.7 Å². The fraction of sp³-hybridized carbons (Fsp3) is 0.182. The number of nitrogens with zero attached hydrogens (tertiary/aromatic N) is 2. The second kappa shape index (κ2) is 6.83. The summed E-state index contributed by atoms with van der Waals surface area (Å²) in [5.74, 6) is 0.0523. The summed E-state index contributed by atoms with van der Waals surface area (Å²) in [5, 5.41) is 13.3. The van der Waals surface area contributed by atoms with Crippen LogP contribution in [0, 0.1) is 0 Å². The first-order valence-electron chi connectivity index (χ1n) is 5.19. The SMILES string of the molecule is O=C(O)CSc1nc(CSc2cccc(Cl)c2)no1. The number of halogens is 1. The van der Waals surface area contributed by atoms with Gasteiger partial charge in [0.1, 0.15) is 5.75 Å². The van der Waals surface area contributed by atoms with Crippen LogP contribution in [0.25, 0.3) is 0 Å². The minimum Gasteiger partial charge on any atom is -0.481 e. The number of carbonyl (C=O) groups is 1. The lowest BCUT2D eigenvalue weighted by Gasteiger charge is -1.98. The number of rotatable bonds is 6. The van der Waals surface area contributed by atoms with Crippen molar-refractivity contribution in [2.24, 2.45) is 0 Å². The van der Waals surface area contributed by atoms with Crippen LogP contribution in [-0.2, 0) is 10.5 Å². The summed E-state index contributed by atoms with van der Waals surface area (Å²) >= 11 is 8.41. The second-order valence-electron chi connectivity index (χ2n) is 3.40. The fourth-order valence-corrected chi connectivity index (χ4v) is 2.74. The number of aliphatic carboxylic acids is 1. The topological polar surface area (TPSA) is 76.2 Å². The second-order valence-corrected chi connectivity index (χ2v) is 5.82. The molecule has 100 valence electrons. The van der Waals surface area contributed by atoms with Crippen molar-refractivity contribution in [2.45, 2.75) is 15.9 Å². The Hall–Kier alpha value is -1.18. The third-order valence-corrected chi connectivity index (χ3v) is 3.96. The van der Waals surface area contributed by atoms with Gasteiger partial charge in [-0.25, -0.2) is 0 Å². The lowest BCUT2D eigenvalue weighted by molar-refractivity contribution is -0.133. The lowest BCUT2D eigenvalue weighted by Crippen LogP contribution is -1.97. The lowest BCUT2D eigenvalue weighted by atomic mass is 10.4. The first-order valence-corrected chi connectivity index (χ1v) is 7.54.